The number of aliphatic hydroxyl groups excluding tert-OH is 1. The van der Waals surface area contributed by atoms with Gasteiger partial charge in [0.1, 0.15) is 0 Å². The van der Waals surface area contributed by atoms with Crippen molar-refractivity contribution in [3.05, 3.63) is 63.1 Å². The van der Waals surface area contributed by atoms with Gasteiger partial charge in [0.05, 0.1) is 6.10 Å². The summed E-state index contributed by atoms with van der Waals surface area (Å²) in [7, 11) is 2.03. The van der Waals surface area contributed by atoms with Crippen LogP contribution in [0.4, 0.5) is 5.69 Å². The highest BCUT2D eigenvalue weighted by Gasteiger charge is 2.09. The molecule has 0 aliphatic carbocycles. The molecule has 2 aromatic rings. The molecule has 0 fully saturated rings. The maximum atomic E-state index is 9.64. The standard InChI is InChI=1S/C16H17BrClNO/c1-11(20)15-7-6-14(9-16(15)17)19(2)10-12-4-3-5-13(18)8-12/h3-9,11,20H,10H2,1-2H3/t11-/m0/s1. The van der Waals surface area contributed by atoms with Crippen LogP contribution in [0, 0.1) is 0 Å². The van der Waals surface area contributed by atoms with Crippen LogP contribution in [0.25, 0.3) is 0 Å². The minimum atomic E-state index is -0.475. The molecule has 0 spiro atoms. The van der Waals surface area contributed by atoms with E-state index in [1.54, 1.807) is 6.92 Å². The predicted octanol–water partition coefficient (Wildman–Crippen LogP) is 4.79. The molecule has 1 atom stereocenters. The first-order chi connectivity index (χ1) is 9.47. The van der Waals surface area contributed by atoms with E-state index in [1.807, 2.05) is 43.4 Å². The van der Waals surface area contributed by atoms with E-state index in [1.165, 1.54) is 0 Å². The Hall–Kier alpha value is -1.03. The van der Waals surface area contributed by atoms with Crippen molar-refractivity contribution in [3.63, 3.8) is 0 Å². The fraction of sp³-hybridized carbons (Fsp3) is 0.250. The quantitative estimate of drug-likeness (QED) is 0.853. The van der Waals surface area contributed by atoms with E-state index in [4.69, 9.17) is 11.6 Å². The topological polar surface area (TPSA) is 23.5 Å². The summed E-state index contributed by atoms with van der Waals surface area (Å²) in [6.45, 7) is 2.54. The van der Waals surface area contributed by atoms with Crippen molar-refractivity contribution in [2.24, 2.45) is 0 Å². The molecule has 2 rings (SSSR count). The molecule has 1 N–H and O–H groups in total. The largest absolute Gasteiger partial charge is 0.389 e. The van der Waals surface area contributed by atoms with Crippen molar-refractivity contribution >= 4 is 33.2 Å². The Kier molecular flexibility index (Phi) is 5.08. The third-order valence-corrected chi connectivity index (χ3v) is 4.11. The lowest BCUT2D eigenvalue weighted by Gasteiger charge is -2.21. The molecule has 0 unspecified atom stereocenters. The highest BCUT2D eigenvalue weighted by atomic mass is 79.9. The predicted molar refractivity (Wildman–Crippen MR) is 88.3 cm³/mol. The van der Waals surface area contributed by atoms with Crippen LogP contribution in [0.3, 0.4) is 0 Å². The van der Waals surface area contributed by atoms with Crippen molar-refractivity contribution in [1.29, 1.82) is 0 Å². The molecular formula is C16H17BrClNO. The molecule has 0 saturated heterocycles. The zero-order valence-electron chi connectivity index (χ0n) is 11.5. The number of aliphatic hydroxyl groups is 1. The van der Waals surface area contributed by atoms with Crippen LogP contribution in [-0.4, -0.2) is 12.2 Å². The van der Waals surface area contributed by atoms with Crippen molar-refractivity contribution in [2.45, 2.75) is 19.6 Å². The fourth-order valence-electron chi connectivity index (χ4n) is 2.09. The van der Waals surface area contributed by atoms with Gasteiger partial charge in [-0.1, -0.05) is 45.7 Å². The number of nitrogens with zero attached hydrogens (tertiary/aromatic N) is 1. The normalized spacial score (nSPS) is 12.2. The molecule has 0 bridgehead atoms. The first-order valence-electron chi connectivity index (χ1n) is 6.40. The van der Waals surface area contributed by atoms with Crippen molar-refractivity contribution in [2.75, 3.05) is 11.9 Å². The van der Waals surface area contributed by atoms with Crippen molar-refractivity contribution in [1.82, 2.24) is 0 Å². The van der Waals surface area contributed by atoms with Gasteiger partial charge in [0, 0.05) is 28.8 Å². The Morgan fingerprint density at radius 3 is 2.60 bits per heavy atom. The first kappa shape index (κ1) is 15.4. The van der Waals surface area contributed by atoms with Gasteiger partial charge in [-0.15, -0.1) is 0 Å². The van der Waals surface area contributed by atoms with Crippen LogP contribution in [0.15, 0.2) is 46.9 Å². The molecule has 20 heavy (non-hydrogen) atoms. The second kappa shape index (κ2) is 6.61. The molecule has 0 amide bonds. The first-order valence-corrected chi connectivity index (χ1v) is 7.57. The van der Waals surface area contributed by atoms with Crippen LogP contribution in [0.1, 0.15) is 24.2 Å². The van der Waals surface area contributed by atoms with Crippen LogP contribution in [-0.2, 0) is 6.54 Å². The number of hydrogen-bond donors (Lipinski definition) is 1. The molecular weight excluding hydrogens is 338 g/mol. The molecule has 2 aromatic carbocycles. The summed E-state index contributed by atoms with van der Waals surface area (Å²) in [5.74, 6) is 0. The number of halogens is 2. The summed E-state index contributed by atoms with van der Waals surface area (Å²) in [4.78, 5) is 2.14. The highest BCUT2D eigenvalue weighted by Crippen LogP contribution is 2.28. The van der Waals surface area contributed by atoms with Crippen LogP contribution in [0.5, 0.6) is 0 Å². The number of hydrogen-bond acceptors (Lipinski definition) is 2. The van der Waals surface area contributed by atoms with Gasteiger partial charge in [0.2, 0.25) is 0 Å². The Bertz CT molecular complexity index is 601. The fourth-order valence-corrected chi connectivity index (χ4v) is 3.00. The van der Waals surface area contributed by atoms with Gasteiger partial charge < -0.3 is 10.0 Å². The van der Waals surface area contributed by atoms with Gasteiger partial charge in [-0.3, -0.25) is 0 Å². The van der Waals surface area contributed by atoms with Crippen LogP contribution < -0.4 is 4.90 Å². The molecule has 0 aliphatic heterocycles. The van der Waals surface area contributed by atoms with Gasteiger partial charge in [0.15, 0.2) is 0 Å². The lowest BCUT2D eigenvalue weighted by Crippen LogP contribution is -2.16. The van der Waals surface area contributed by atoms with E-state index >= 15 is 0 Å². The molecule has 4 heteroatoms. The SMILES string of the molecule is C[C@H](O)c1ccc(N(C)Cc2cccc(Cl)c2)cc1Br. The van der Waals surface area contributed by atoms with E-state index in [9.17, 15) is 5.11 Å². The van der Waals surface area contributed by atoms with E-state index < -0.39 is 6.10 Å². The zero-order valence-corrected chi connectivity index (χ0v) is 13.8. The molecule has 0 saturated carbocycles. The summed E-state index contributed by atoms with van der Waals surface area (Å²) in [5, 5.41) is 10.4. The third kappa shape index (κ3) is 3.75. The third-order valence-electron chi connectivity index (χ3n) is 3.18. The average Bonchev–Trinajstić information content (AvgIpc) is 2.38. The van der Waals surface area contributed by atoms with E-state index in [0.29, 0.717) is 0 Å². The number of anilines is 1. The minimum Gasteiger partial charge on any atom is -0.389 e. The smallest absolute Gasteiger partial charge is 0.0772 e. The lowest BCUT2D eigenvalue weighted by atomic mass is 10.1. The number of rotatable bonds is 4. The molecule has 0 radical (unpaired) electrons. The maximum absolute atomic E-state index is 9.64. The highest BCUT2D eigenvalue weighted by molar-refractivity contribution is 9.10. The molecule has 0 aromatic heterocycles. The summed E-state index contributed by atoms with van der Waals surface area (Å²) >= 11 is 9.51. The van der Waals surface area contributed by atoms with Crippen molar-refractivity contribution < 1.29 is 5.11 Å². The van der Waals surface area contributed by atoms with Gasteiger partial charge in [0.25, 0.3) is 0 Å². The Balaban J connectivity index is 2.17. The molecule has 0 heterocycles. The second-order valence-electron chi connectivity index (χ2n) is 4.87. The van der Waals surface area contributed by atoms with E-state index in [-0.39, 0.29) is 0 Å². The van der Waals surface area contributed by atoms with Gasteiger partial charge in [-0.25, -0.2) is 0 Å². The summed E-state index contributed by atoms with van der Waals surface area (Å²) in [5.41, 5.74) is 3.14. The van der Waals surface area contributed by atoms with Gasteiger partial charge in [-0.05, 0) is 42.3 Å². The van der Waals surface area contributed by atoms with Gasteiger partial charge >= 0.3 is 0 Å². The van der Waals surface area contributed by atoms with Crippen molar-refractivity contribution in [3.8, 4) is 0 Å². The number of benzene rings is 2. The Labute approximate surface area is 133 Å². The summed E-state index contributed by atoms with van der Waals surface area (Å²) < 4.78 is 0.919. The van der Waals surface area contributed by atoms with Gasteiger partial charge in [-0.2, -0.15) is 0 Å². The van der Waals surface area contributed by atoms with Crippen LogP contribution >= 0.6 is 27.5 Å². The Morgan fingerprint density at radius 1 is 1.25 bits per heavy atom. The van der Waals surface area contributed by atoms with Crippen LogP contribution in [0.2, 0.25) is 5.02 Å². The average molecular weight is 355 g/mol. The molecule has 0 aliphatic rings. The molecule has 2 nitrogen and oxygen atoms in total. The minimum absolute atomic E-state index is 0.475. The maximum Gasteiger partial charge on any atom is 0.0772 e. The molecule has 106 valence electrons. The summed E-state index contributed by atoms with van der Waals surface area (Å²) in [6.07, 6.45) is -0.475. The Morgan fingerprint density at radius 2 is 2.00 bits per heavy atom. The van der Waals surface area contributed by atoms with E-state index in [0.717, 1.165) is 32.9 Å². The monoisotopic (exact) mass is 353 g/mol. The lowest BCUT2D eigenvalue weighted by molar-refractivity contribution is 0.198. The second-order valence-corrected chi connectivity index (χ2v) is 6.16. The summed E-state index contributed by atoms with van der Waals surface area (Å²) in [6, 6.07) is 13.8. The van der Waals surface area contributed by atoms with E-state index in [2.05, 4.69) is 26.9 Å². The zero-order chi connectivity index (χ0) is 14.7.